The zero-order valence-corrected chi connectivity index (χ0v) is 16.0. The van der Waals surface area contributed by atoms with Crippen LogP contribution in [0.2, 0.25) is 0 Å². The Morgan fingerprint density at radius 3 is 1.88 bits per heavy atom. The van der Waals surface area contributed by atoms with Crippen molar-refractivity contribution in [2.75, 3.05) is 20.5 Å². The summed E-state index contributed by atoms with van der Waals surface area (Å²) in [4.78, 5) is 0. The van der Waals surface area contributed by atoms with Crippen LogP contribution in [0.25, 0.3) is 0 Å². The minimum absolute atomic E-state index is 0.0625. The molecular weight excluding hydrogens is 304 g/mol. The fourth-order valence-corrected chi connectivity index (χ4v) is 3.22. The molecule has 0 radical (unpaired) electrons. The summed E-state index contributed by atoms with van der Waals surface area (Å²) in [5.74, 6) is 0. The number of ether oxygens (including phenoxy) is 3. The van der Waals surface area contributed by atoms with Gasteiger partial charge in [-0.25, -0.2) is 0 Å². The minimum Gasteiger partial charge on any atom is -0.390 e. The normalized spacial score (nSPS) is 19.4. The van der Waals surface area contributed by atoms with Crippen molar-refractivity contribution in [1.29, 1.82) is 0 Å². The van der Waals surface area contributed by atoms with E-state index in [0.717, 1.165) is 12.8 Å². The van der Waals surface area contributed by atoms with Crippen LogP contribution in [-0.4, -0.2) is 43.9 Å². The Balaban J connectivity index is 1.87. The van der Waals surface area contributed by atoms with Gasteiger partial charge in [0.25, 0.3) is 0 Å². The Labute approximate surface area is 149 Å². The maximum Gasteiger partial charge on any atom is 0.146 e. The zero-order valence-electron chi connectivity index (χ0n) is 16.0. The SMILES string of the molecule is CCCCCCCCCCCCCC[C@@H](O)[C@H](OCOC)[C@H]1CO1. The van der Waals surface area contributed by atoms with Crippen molar-refractivity contribution >= 4 is 0 Å². The third-order valence-corrected chi connectivity index (χ3v) is 4.84. The third-order valence-electron chi connectivity index (χ3n) is 4.84. The van der Waals surface area contributed by atoms with Crippen LogP contribution < -0.4 is 0 Å². The summed E-state index contributed by atoms with van der Waals surface area (Å²) >= 11 is 0. The molecule has 4 nitrogen and oxygen atoms in total. The molecule has 0 aromatic carbocycles. The van der Waals surface area contributed by atoms with Crippen LogP contribution in [0.4, 0.5) is 0 Å². The van der Waals surface area contributed by atoms with Crippen LogP contribution in [0.3, 0.4) is 0 Å². The van der Waals surface area contributed by atoms with E-state index in [9.17, 15) is 5.11 Å². The maximum absolute atomic E-state index is 10.2. The van der Waals surface area contributed by atoms with Crippen molar-refractivity contribution in [3.8, 4) is 0 Å². The van der Waals surface area contributed by atoms with Gasteiger partial charge in [0.05, 0.1) is 12.7 Å². The lowest BCUT2D eigenvalue weighted by Gasteiger charge is -2.21. The van der Waals surface area contributed by atoms with E-state index < -0.39 is 6.10 Å². The average molecular weight is 345 g/mol. The van der Waals surface area contributed by atoms with Gasteiger partial charge in [0.2, 0.25) is 0 Å². The molecule has 1 saturated heterocycles. The highest BCUT2D eigenvalue weighted by Crippen LogP contribution is 2.23. The number of hydrogen-bond donors (Lipinski definition) is 1. The van der Waals surface area contributed by atoms with Gasteiger partial charge in [0, 0.05) is 7.11 Å². The lowest BCUT2D eigenvalue weighted by atomic mass is 10.0. The summed E-state index contributed by atoms with van der Waals surface area (Å²) in [5, 5.41) is 10.2. The lowest BCUT2D eigenvalue weighted by molar-refractivity contribution is -0.121. The molecule has 0 spiro atoms. The van der Waals surface area contributed by atoms with Crippen LogP contribution in [0.1, 0.15) is 90.4 Å². The van der Waals surface area contributed by atoms with E-state index in [1.54, 1.807) is 7.11 Å². The van der Waals surface area contributed by atoms with Gasteiger partial charge in [-0.3, -0.25) is 0 Å². The van der Waals surface area contributed by atoms with Crippen molar-refractivity contribution in [3.63, 3.8) is 0 Å². The quantitative estimate of drug-likeness (QED) is 0.220. The Kier molecular flexibility index (Phi) is 13.8. The standard InChI is InChI=1S/C20H40O4/c1-3-4-5-6-7-8-9-10-11-12-13-14-15-18(21)20(19-16-23-19)24-17-22-2/h18-21H,3-17H2,1-2H3/t18-,19-,20+/m1/s1. The summed E-state index contributed by atoms with van der Waals surface area (Å²) < 4.78 is 15.7. The molecule has 0 bridgehead atoms. The highest BCUT2D eigenvalue weighted by atomic mass is 16.7. The molecule has 1 aliphatic heterocycles. The molecule has 4 heteroatoms. The fraction of sp³-hybridized carbons (Fsp3) is 1.00. The van der Waals surface area contributed by atoms with Crippen molar-refractivity contribution < 1.29 is 19.3 Å². The topological polar surface area (TPSA) is 51.2 Å². The van der Waals surface area contributed by atoms with Crippen LogP contribution in [-0.2, 0) is 14.2 Å². The molecule has 0 amide bonds. The molecule has 3 atom stereocenters. The number of aliphatic hydroxyl groups is 1. The van der Waals surface area contributed by atoms with Gasteiger partial charge in [-0.15, -0.1) is 0 Å². The molecule has 1 fully saturated rings. The van der Waals surface area contributed by atoms with Gasteiger partial charge >= 0.3 is 0 Å². The van der Waals surface area contributed by atoms with Gasteiger partial charge < -0.3 is 19.3 Å². The van der Waals surface area contributed by atoms with Crippen molar-refractivity contribution in [1.82, 2.24) is 0 Å². The Morgan fingerprint density at radius 2 is 1.42 bits per heavy atom. The van der Waals surface area contributed by atoms with Gasteiger partial charge in [-0.05, 0) is 6.42 Å². The smallest absolute Gasteiger partial charge is 0.146 e. The zero-order chi connectivity index (χ0) is 17.5. The van der Waals surface area contributed by atoms with E-state index in [1.807, 2.05) is 0 Å². The maximum atomic E-state index is 10.2. The van der Waals surface area contributed by atoms with Gasteiger partial charge in [-0.2, -0.15) is 0 Å². The Hall–Kier alpha value is -0.160. The summed E-state index contributed by atoms with van der Waals surface area (Å²) in [6.07, 6.45) is 16.2. The van der Waals surface area contributed by atoms with Crippen LogP contribution in [0.5, 0.6) is 0 Å². The monoisotopic (exact) mass is 344 g/mol. The van der Waals surface area contributed by atoms with E-state index in [2.05, 4.69) is 6.92 Å². The number of epoxide rings is 1. The van der Waals surface area contributed by atoms with Crippen molar-refractivity contribution in [2.24, 2.45) is 0 Å². The fourth-order valence-electron chi connectivity index (χ4n) is 3.22. The van der Waals surface area contributed by atoms with E-state index >= 15 is 0 Å². The van der Waals surface area contributed by atoms with Crippen LogP contribution >= 0.6 is 0 Å². The van der Waals surface area contributed by atoms with Crippen molar-refractivity contribution in [3.05, 3.63) is 0 Å². The summed E-state index contributed by atoms with van der Waals surface area (Å²) in [5.41, 5.74) is 0. The Bertz CT molecular complexity index is 268. The highest BCUT2D eigenvalue weighted by Gasteiger charge is 2.38. The summed E-state index contributed by atoms with van der Waals surface area (Å²) in [6, 6.07) is 0. The van der Waals surface area contributed by atoms with Gasteiger partial charge in [0.15, 0.2) is 0 Å². The molecule has 144 valence electrons. The number of rotatable bonds is 18. The molecule has 0 aromatic rings. The molecule has 0 saturated carbocycles. The predicted molar refractivity (Wildman–Crippen MR) is 98.2 cm³/mol. The molecule has 1 N–H and O–H groups in total. The number of methoxy groups -OCH3 is 1. The first kappa shape index (κ1) is 21.9. The lowest BCUT2D eigenvalue weighted by Crippen LogP contribution is -2.34. The summed E-state index contributed by atoms with van der Waals surface area (Å²) in [7, 11) is 1.60. The molecule has 0 aromatic heterocycles. The molecular formula is C20H40O4. The van der Waals surface area contributed by atoms with E-state index in [4.69, 9.17) is 14.2 Å². The summed E-state index contributed by atoms with van der Waals surface area (Å²) in [6.45, 7) is 3.19. The highest BCUT2D eigenvalue weighted by molar-refractivity contribution is 4.85. The first-order chi connectivity index (χ1) is 11.8. The van der Waals surface area contributed by atoms with Crippen LogP contribution in [0.15, 0.2) is 0 Å². The molecule has 1 heterocycles. The van der Waals surface area contributed by atoms with E-state index in [0.29, 0.717) is 6.61 Å². The molecule has 1 rings (SSSR count). The Morgan fingerprint density at radius 1 is 0.917 bits per heavy atom. The van der Waals surface area contributed by atoms with E-state index in [1.165, 1.54) is 70.6 Å². The molecule has 1 aliphatic rings. The number of hydrogen-bond acceptors (Lipinski definition) is 4. The molecule has 0 aliphatic carbocycles. The molecule has 0 unspecified atom stereocenters. The predicted octanol–water partition coefficient (Wildman–Crippen LogP) is 4.83. The largest absolute Gasteiger partial charge is 0.390 e. The second kappa shape index (κ2) is 15.1. The van der Waals surface area contributed by atoms with Crippen molar-refractivity contribution in [2.45, 2.75) is 109 Å². The minimum atomic E-state index is -0.434. The second-order valence-electron chi connectivity index (χ2n) is 7.15. The first-order valence-electron chi connectivity index (χ1n) is 10.2. The molecule has 24 heavy (non-hydrogen) atoms. The third kappa shape index (κ3) is 11.4. The first-order valence-corrected chi connectivity index (χ1v) is 10.2. The van der Waals surface area contributed by atoms with Gasteiger partial charge in [-0.1, -0.05) is 84.0 Å². The van der Waals surface area contributed by atoms with E-state index in [-0.39, 0.29) is 19.0 Å². The number of unbranched alkanes of at least 4 members (excludes halogenated alkanes) is 11. The number of aliphatic hydroxyl groups excluding tert-OH is 1. The second-order valence-corrected chi connectivity index (χ2v) is 7.15. The van der Waals surface area contributed by atoms with Crippen LogP contribution in [0, 0.1) is 0 Å². The van der Waals surface area contributed by atoms with Gasteiger partial charge in [0.1, 0.15) is 19.0 Å². The average Bonchev–Trinajstić information content (AvgIpc) is 3.41.